The van der Waals surface area contributed by atoms with Gasteiger partial charge < -0.3 is 19.1 Å². The molecule has 1 saturated carbocycles. The van der Waals surface area contributed by atoms with Gasteiger partial charge >= 0.3 is 6.18 Å². The molecule has 2 aromatic rings. The largest absolute Gasteiger partial charge is 0.416 e. The number of halogens is 3. The molecule has 2 aromatic carbocycles. The second kappa shape index (κ2) is 8.36. The predicted molar refractivity (Wildman–Crippen MR) is 118 cm³/mol. The van der Waals surface area contributed by atoms with Gasteiger partial charge in [-0.25, -0.2) is 0 Å². The number of nitrogens with zero attached hydrogens (tertiary/aromatic N) is 1. The van der Waals surface area contributed by atoms with Crippen molar-refractivity contribution in [2.45, 2.75) is 30.2 Å². The van der Waals surface area contributed by atoms with E-state index in [2.05, 4.69) is 0 Å². The van der Waals surface area contributed by atoms with Gasteiger partial charge in [0.2, 0.25) is 0 Å². The van der Waals surface area contributed by atoms with Crippen LogP contribution in [0, 0.1) is 11.8 Å². The van der Waals surface area contributed by atoms with Gasteiger partial charge in [0.25, 0.3) is 5.91 Å². The van der Waals surface area contributed by atoms with E-state index in [1.165, 1.54) is 12.1 Å². The lowest BCUT2D eigenvalue weighted by atomic mass is 9.89. The molecule has 2 aliphatic heterocycles. The van der Waals surface area contributed by atoms with Crippen molar-refractivity contribution in [2.75, 3.05) is 40.5 Å². The number of amides is 1. The van der Waals surface area contributed by atoms with E-state index in [4.69, 9.17) is 14.2 Å². The molecule has 0 spiro atoms. The van der Waals surface area contributed by atoms with Crippen LogP contribution in [0.15, 0.2) is 48.5 Å². The Bertz CT molecular complexity index is 1030. The Morgan fingerprint density at radius 3 is 1.82 bits per heavy atom. The van der Waals surface area contributed by atoms with E-state index in [1.54, 1.807) is 14.2 Å². The number of carbonyl (C=O) groups is 1. The van der Waals surface area contributed by atoms with E-state index >= 15 is 0 Å². The molecule has 3 aliphatic rings. The predicted octanol–water partition coefficient (Wildman–Crippen LogP) is 4.60. The third kappa shape index (κ3) is 3.82. The van der Waals surface area contributed by atoms with E-state index in [-0.39, 0.29) is 17.7 Å². The highest BCUT2D eigenvalue weighted by atomic mass is 19.4. The van der Waals surface area contributed by atoms with E-state index in [9.17, 15) is 18.0 Å². The Balaban J connectivity index is 1.26. The number of benzene rings is 2. The summed E-state index contributed by atoms with van der Waals surface area (Å²) in [5.41, 5.74) is 0.694. The lowest BCUT2D eigenvalue weighted by Crippen LogP contribution is -2.48. The lowest BCUT2D eigenvalue weighted by molar-refractivity contribution is -0.202. The first-order valence-corrected chi connectivity index (χ1v) is 11.5. The molecule has 8 heteroatoms. The quantitative estimate of drug-likeness (QED) is 0.634. The summed E-state index contributed by atoms with van der Waals surface area (Å²) in [6, 6.07) is 12.8. The molecular weight excluding hydrogens is 447 g/mol. The minimum Gasteiger partial charge on any atom is -0.375 e. The first-order valence-electron chi connectivity index (χ1n) is 11.5. The summed E-state index contributed by atoms with van der Waals surface area (Å²) in [7, 11) is 3.28. The van der Waals surface area contributed by atoms with Gasteiger partial charge in [0, 0.05) is 32.9 Å². The van der Waals surface area contributed by atoms with Crippen molar-refractivity contribution in [2.24, 2.45) is 11.8 Å². The molecule has 2 atom stereocenters. The average Bonchev–Trinajstić information content (AvgIpc) is 3.35. The zero-order valence-corrected chi connectivity index (χ0v) is 19.2. The number of methoxy groups -OCH3 is 2. The fourth-order valence-corrected chi connectivity index (χ4v) is 5.77. The first-order chi connectivity index (χ1) is 16.2. The van der Waals surface area contributed by atoms with Gasteiger partial charge in [0.15, 0.2) is 0 Å². The van der Waals surface area contributed by atoms with Crippen molar-refractivity contribution < 1.29 is 32.2 Å². The van der Waals surface area contributed by atoms with Crippen LogP contribution in [0.3, 0.4) is 0 Å². The third-order valence-electron chi connectivity index (χ3n) is 7.90. The van der Waals surface area contributed by atoms with Crippen molar-refractivity contribution >= 4 is 5.91 Å². The number of alkyl halides is 3. The van der Waals surface area contributed by atoms with Gasteiger partial charge in [0.05, 0.1) is 24.4 Å². The van der Waals surface area contributed by atoms with Crippen molar-refractivity contribution in [3.8, 4) is 0 Å². The maximum absolute atomic E-state index is 13.2. The van der Waals surface area contributed by atoms with Crippen molar-refractivity contribution in [1.82, 2.24) is 4.90 Å². The van der Waals surface area contributed by atoms with E-state index in [0.29, 0.717) is 44.7 Å². The van der Waals surface area contributed by atoms with E-state index in [1.807, 2.05) is 29.2 Å². The Hall–Kier alpha value is -2.42. The molecule has 1 amide bonds. The van der Waals surface area contributed by atoms with Crippen LogP contribution in [-0.4, -0.2) is 51.3 Å². The molecule has 5 rings (SSSR count). The number of carbonyl (C=O) groups excluding carboxylic acids is 1. The molecule has 0 radical (unpaired) electrons. The molecule has 34 heavy (non-hydrogen) atoms. The van der Waals surface area contributed by atoms with Gasteiger partial charge in [-0.2, -0.15) is 13.2 Å². The van der Waals surface area contributed by atoms with Gasteiger partial charge in [-0.3, -0.25) is 4.79 Å². The maximum atomic E-state index is 13.2. The molecule has 2 heterocycles. The molecule has 2 unspecified atom stereocenters. The Morgan fingerprint density at radius 2 is 1.38 bits per heavy atom. The number of likely N-dealkylation sites (tertiary alicyclic amines) is 1. The highest BCUT2D eigenvalue weighted by molar-refractivity contribution is 5.94. The normalized spacial score (nSPS) is 28.0. The summed E-state index contributed by atoms with van der Waals surface area (Å²) in [5.74, 6) is 0.485. The molecule has 5 nitrogen and oxygen atoms in total. The fourth-order valence-electron chi connectivity index (χ4n) is 5.77. The number of rotatable bonds is 5. The highest BCUT2D eigenvalue weighted by Crippen LogP contribution is 2.51. The Labute approximate surface area is 196 Å². The smallest absolute Gasteiger partial charge is 0.375 e. The summed E-state index contributed by atoms with van der Waals surface area (Å²) in [6.45, 7) is 2.25. The summed E-state index contributed by atoms with van der Waals surface area (Å²) in [5, 5.41) is 0. The maximum Gasteiger partial charge on any atom is 0.416 e. The van der Waals surface area contributed by atoms with Gasteiger partial charge in [-0.1, -0.05) is 24.3 Å². The van der Waals surface area contributed by atoms with Gasteiger partial charge in [0.1, 0.15) is 5.60 Å². The third-order valence-corrected chi connectivity index (χ3v) is 7.90. The van der Waals surface area contributed by atoms with Crippen LogP contribution in [0.1, 0.15) is 39.9 Å². The van der Waals surface area contributed by atoms with Crippen molar-refractivity contribution in [3.05, 3.63) is 70.8 Å². The lowest BCUT2D eigenvalue weighted by Gasteiger charge is -2.40. The van der Waals surface area contributed by atoms with E-state index in [0.717, 1.165) is 23.3 Å². The number of hydrogen-bond donors (Lipinski definition) is 0. The standard InChI is InChI=1S/C26H28F3NO4/c1-32-24(20-7-9-22(10-8-20)26(27,28)29)11-18-13-30(14-19(18)12-24)23(31)17-3-5-21(6-4-17)25(33-2)15-34-16-25/h3-10,18-19H,11-16H2,1-2H3. The molecule has 3 fully saturated rings. The molecule has 182 valence electrons. The minimum atomic E-state index is -4.36. The fraction of sp³-hybridized carbons (Fsp3) is 0.500. The monoisotopic (exact) mass is 475 g/mol. The first kappa shape index (κ1) is 23.3. The van der Waals surface area contributed by atoms with Gasteiger partial charge in [-0.15, -0.1) is 0 Å². The summed E-state index contributed by atoms with van der Waals surface area (Å²) >= 11 is 0. The SMILES string of the molecule is COC1(c2ccc(C(=O)N3CC4CC(OC)(c5ccc(C(F)(F)F)cc5)CC4C3)cc2)COC1. The molecular formula is C26H28F3NO4. The molecule has 2 saturated heterocycles. The summed E-state index contributed by atoms with van der Waals surface area (Å²) in [4.78, 5) is 15.0. The molecule has 0 bridgehead atoms. The molecule has 0 N–H and O–H groups in total. The minimum absolute atomic E-state index is 0.00479. The van der Waals surface area contributed by atoms with Gasteiger partial charge in [-0.05, 0) is 60.1 Å². The van der Waals surface area contributed by atoms with Crippen LogP contribution in [0.2, 0.25) is 0 Å². The van der Waals surface area contributed by atoms with Crippen LogP contribution >= 0.6 is 0 Å². The average molecular weight is 476 g/mol. The zero-order valence-electron chi connectivity index (χ0n) is 19.2. The van der Waals surface area contributed by atoms with Crippen LogP contribution in [0.4, 0.5) is 13.2 Å². The van der Waals surface area contributed by atoms with Crippen LogP contribution < -0.4 is 0 Å². The van der Waals surface area contributed by atoms with Crippen molar-refractivity contribution in [3.63, 3.8) is 0 Å². The second-order valence-electron chi connectivity index (χ2n) is 9.68. The van der Waals surface area contributed by atoms with Crippen LogP contribution in [-0.2, 0) is 31.6 Å². The number of ether oxygens (including phenoxy) is 3. The van der Waals surface area contributed by atoms with Crippen LogP contribution in [0.5, 0.6) is 0 Å². The second-order valence-corrected chi connectivity index (χ2v) is 9.68. The van der Waals surface area contributed by atoms with Crippen molar-refractivity contribution in [1.29, 1.82) is 0 Å². The molecule has 0 aromatic heterocycles. The highest BCUT2D eigenvalue weighted by Gasteiger charge is 2.51. The number of hydrogen-bond acceptors (Lipinski definition) is 4. The number of fused-ring (bicyclic) bond motifs is 1. The topological polar surface area (TPSA) is 48.0 Å². The summed E-state index contributed by atoms with van der Waals surface area (Å²) < 4.78 is 55.7. The Morgan fingerprint density at radius 1 is 0.882 bits per heavy atom. The van der Waals surface area contributed by atoms with E-state index < -0.39 is 22.9 Å². The summed E-state index contributed by atoms with van der Waals surface area (Å²) in [6.07, 6.45) is -3.00. The zero-order chi connectivity index (χ0) is 24.1. The molecule has 1 aliphatic carbocycles. The Kier molecular flexibility index (Phi) is 5.73. The van der Waals surface area contributed by atoms with Crippen LogP contribution in [0.25, 0.3) is 0 Å².